The van der Waals surface area contributed by atoms with Gasteiger partial charge in [0.15, 0.2) is 0 Å². The molecule has 0 radical (unpaired) electrons. The lowest BCUT2D eigenvalue weighted by atomic mass is 10.2. The van der Waals surface area contributed by atoms with E-state index >= 15 is 0 Å². The summed E-state index contributed by atoms with van der Waals surface area (Å²) in [6.45, 7) is 0. The highest BCUT2D eigenvalue weighted by Gasteiger charge is 2.21. The zero-order valence-corrected chi connectivity index (χ0v) is 8.47. The number of carbonyl (C=O) groups is 3. The first-order chi connectivity index (χ1) is 6.47. The van der Waals surface area contributed by atoms with Crippen LogP contribution in [0.4, 0.5) is 0 Å². The third-order valence-corrected chi connectivity index (χ3v) is 1.86. The Morgan fingerprint density at radius 3 is 2.43 bits per heavy atom. The molecule has 0 bridgehead atoms. The van der Waals surface area contributed by atoms with Crippen molar-refractivity contribution < 1.29 is 19.5 Å². The Hall–Kier alpha value is -1.24. The van der Waals surface area contributed by atoms with Gasteiger partial charge in [-0.05, 0) is 6.26 Å². The van der Waals surface area contributed by atoms with Gasteiger partial charge in [0.05, 0.1) is 12.2 Å². The maximum absolute atomic E-state index is 11.0. The van der Waals surface area contributed by atoms with E-state index in [0.29, 0.717) is 0 Å². The van der Waals surface area contributed by atoms with E-state index in [1.54, 1.807) is 6.26 Å². The van der Waals surface area contributed by atoms with E-state index in [1.165, 1.54) is 11.8 Å². The average Bonchev–Trinajstić information content (AvgIpc) is 2.02. The van der Waals surface area contributed by atoms with Crippen molar-refractivity contribution in [2.45, 2.75) is 12.5 Å². The van der Waals surface area contributed by atoms with Crippen LogP contribution in [0.15, 0.2) is 0 Å². The van der Waals surface area contributed by atoms with E-state index in [2.05, 4.69) is 5.32 Å². The van der Waals surface area contributed by atoms with Gasteiger partial charge in [-0.3, -0.25) is 9.59 Å². The maximum Gasteiger partial charge on any atom is 0.326 e. The topological polar surface area (TPSA) is 109 Å². The molecule has 0 aromatic heterocycles. The first-order valence-corrected chi connectivity index (χ1v) is 5.16. The normalized spacial score (nSPS) is 11.8. The highest BCUT2D eigenvalue weighted by atomic mass is 32.2. The van der Waals surface area contributed by atoms with Gasteiger partial charge in [-0.25, -0.2) is 4.79 Å². The molecule has 0 saturated carbocycles. The molecular formula is C7H12N2O4S. The molecule has 4 N–H and O–H groups in total. The van der Waals surface area contributed by atoms with E-state index in [4.69, 9.17) is 10.8 Å². The molecule has 6 nitrogen and oxygen atoms in total. The van der Waals surface area contributed by atoms with Crippen LogP contribution < -0.4 is 11.1 Å². The fourth-order valence-corrected chi connectivity index (χ4v) is 1.11. The SMILES string of the molecule is CSCC(=O)N[C@H](CC(N)=O)C(=O)O. The van der Waals surface area contributed by atoms with Crippen molar-refractivity contribution in [3.05, 3.63) is 0 Å². The number of carboxylic acids is 1. The second-order valence-electron chi connectivity index (χ2n) is 2.56. The lowest BCUT2D eigenvalue weighted by molar-refractivity contribution is -0.143. The minimum atomic E-state index is -1.27. The molecule has 14 heavy (non-hydrogen) atoms. The van der Waals surface area contributed by atoms with Crippen molar-refractivity contribution in [2.75, 3.05) is 12.0 Å². The summed E-state index contributed by atoms with van der Waals surface area (Å²) in [5, 5.41) is 10.8. The van der Waals surface area contributed by atoms with Crippen LogP contribution in [0.1, 0.15) is 6.42 Å². The molecular weight excluding hydrogens is 208 g/mol. The Kier molecular flexibility index (Phi) is 5.70. The number of carboxylic acid groups (broad SMARTS) is 1. The van der Waals surface area contributed by atoms with Crippen LogP contribution in [0.5, 0.6) is 0 Å². The quantitative estimate of drug-likeness (QED) is 0.520. The summed E-state index contributed by atoms with van der Waals surface area (Å²) in [5.74, 6) is -2.30. The number of hydrogen-bond acceptors (Lipinski definition) is 4. The number of carbonyl (C=O) groups excluding carboxylic acids is 2. The van der Waals surface area contributed by atoms with E-state index < -0.39 is 30.2 Å². The summed E-state index contributed by atoms with van der Waals surface area (Å²) in [4.78, 5) is 32.0. The van der Waals surface area contributed by atoms with Crippen molar-refractivity contribution in [1.29, 1.82) is 0 Å². The van der Waals surface area contributed by atoms with Crippen LogP contribution in [-0.4, -0.2) is 40.9 Å². The summed E-state index contributed by atoms with van der Waals surface area (Å²) >= 11 is 1.26. The molecule has 0 unspecified atom stereocenters. The second-order valence-corrected chi connectivity index (χ2v) is 3.43. The summed E-state index contributed by atoms with van der Waals surface area (Å²) in [5.41, 5.74) is 4.82. The van der Waals surface area contributed by atoms with Crippen molar-refractivity contribution in [3.8, 4) is 0 Å². The number of thioether (sulfide) groups is 1. The molecule has 2 amide bonds. The number of nitrogens with one attached hydrogen (secondary N) is 1. The third-order valence-electron chi connectivity index (χ3n) is 1.31. The van der Waals surface area contributed by atoms with Crippen LogP contribution in [-0.2, 0) is 14.4 Å². The number of nitrogens with two attached hydrogens (primary N) is 1. The smallest absolute Gasteiger partial charge is 0.326 e. The fraction of sp³-hybridized carbons (Fsp3) is 0.571. The molecule has 0 rings (SSSR count). The fourth-order valence-electron chi connectivity index (χ4n) is 0.768. The van der Waals surface area contributed by atoms with Gasteiger partial charge in [-0.2, -0.15) is 11.8 Å². The van der Waals surface area contributed by atoms with Gasteiger partial charge in [0.1, 0.15) is 6.04 Å². The maximum atomic E-state index is 11.0. The highest BCUT2D eigenvalue weighted by Crippen LogP contribution is 1.95. The summed E-state index contributed by atoms with van der Waals surface area (Å²) < 4.78 is 0. The minimum absolute atomic E-state index is 0.155. The number of primary amides is 1. The van der Waals surface area contributed by atoms with Crippen LogP contribution in [0.2, 0.25) is 0 Å². The summed E-state index contributed by atoms with van der Waals surface area (Å²) in [7, 11) is 0. The van der Waals surface area contributed by atoms with Crippen molar-refractivity contribution in [2.24, 2.45) is 5.73 Å². The number of hydrogen-bond donors (Lipinski definition) is 3. The van der Waals surface area contributed by atoms with Crippen molar-refractivity contribution in [3.63, 3.8) is 0 Å². The number of aliphatic carboxylic acids is 1. The molecule has 80 valence electrons. The summed E-state index contributed by atoms with van der Waals surface area (Å²) in [6, 6.07) is -1.23. The summed E-state index contributed by atoms with van der Waals surface area (Å²) in [6.07, 6.45) is 1.32. The van der Waals surface area contributed by atoms with Gasteiger partial charge < -0.3 is 16.2 Å². The second kappa shape index (κ2) is 6.25. The molecule has 0 fully saturated rings. The number of rotatable bonds is 6. The first kappa shape index (κ1) is 12.8. The van der Waals surface area contributed by atoms with Crippen molar-refractivity contribution in [1.82, 2.24) is 5.32 Å². The Morgan fingerprint density at radius 2 is 2.07 bits per heavy atom. The predicted molar refractivity (Wildman–Crippen MR) is 51.8 cm³/mol. The molecule has 0 aliphatic rings. The largest absolute Gasteiger partial charge is 0.480 e. The van der Waals surface area contributed by atoms with Crippen LogP contribution in [0.3, 0.4) is 0 Å². The predicted octanol–water partition coefficient (Wildman–Crippen LogP) is -1.21. The average molecular weight is 220 g/mol. The van der Waals surface area contributed by atoms with Crippen LogP contribution >= 0.6 is 11.8 Å². The Bertz CT molecular complexity index is 244. The molecule has 0 aliphatic heterocycles. The van der Waals surface area contributed by atoms with Gasteiger partial charge in [0.25, 0.3) is 0 Å². The van der Waals surface area contributed by atoms with Crippen molar-refractivity contribution >= 4 is 29.5 Å². The lowest BCUT2D eigenvalue weighted by Crippen LogP contribution is -2.44. The monoisotopic (exact) mass is 220 g/mol. The van der Waals surface area contributed by atoms with Crippen LogP contribution in [0, 0.1) is 0 Å². The molecule has 1 atom stereocenters. The lowest BCUT2D eigenvalue weighted by Gasteiger charge is -2.11. The van der Waals surface area contributed by atoms with E-state index in [0.717, 1.165) is 0 Å². The van der Waals surface area contributed by atoms with Gasteiger partial charge in [-0.15, -0.1) is 0 Å². The molecule has 0 aromatic carbocycles. The minimum Gasteiger partial charge on any atom is -0.480 e. The highest BCUT2D eigenvalue weighted by molar-refractivity contribution is 7.99. The Labute approximate surface area is 85.2 Å². The standard InChI is InChI=1S/C7H12N2O4S/c1-14-3-6(11)9-4(7(12)13)2-5(8)10/h4H,2-3H2,1H3,(H2,8,10)(H,9,11)(H,12,13)/t4-/m1/s1. The molecule has 0 aliphatic carbocycles. The Morgan fingerprint density at radius 1 is 1.50 bits per heavy atom. The molecule has 0 aromatic rings. The van der Waals surface area contributed by atoms with E-state index in [1.807, 2.05) is 0 Å². The molecule has 7 heteroatoms. The zero-order valence-electron chi connectivity index (χ0n) is 7.65. The molecule has 0 spiro atoms. The Balaban J connectivity index is 4.16. The third kappa shape index (κ3) is 5.41. The van der Waals surface area contributed by atoms with E-state index in [9.17, 15) is 14.4 Å². The van der Waals surface area contributed by atoms with Gasteiger partial charge >= 0.3 is 5.97 Å². The first-order valence-electron chi connectivity index (χ1n) is 3.76. The molecule has 0 heterocycles. The van der Waals surface area contributed by atoms with Gasteiger partial charge in [0, 0.05) is 0 Å². The molecule has 0 saturated heterocycles. The number of amides is 2. The van der Waals surface area contributed by atoms with Crippen LogP contribution in [0.25, 0.3) is 0 Å². The van der Waals surface area contributed by atoms with Gasteiger partial charge in [-0.1, -0.05) is 0 Å². The zero-order chi connectivity index (χ0) is 11.1. The van der Waals surface area contributed by atoms with E-state index in [-0.39, 0.29) is 5.75 Å². The van der Waals surface area contributed by atoms with Gasteiger partial charge in [0.2, 0.25) is 11.8 Å².